The lowest BCUT2D eigenvalue weighted by Crippen LogP contribution is -2.40. The van der Waals surface area contributed by atoms with Gasteiger partial charge >= 0.3 is 0 Å². The van der Waals surface area contributed by atoms with Gasteiger partial charge in [-0.25, -0.2) is 0 Å². The molecule has 5 nitrogen and oxygen atoms in total. The van der Waals surface area contributed by atoms with Gasteiger partial charge in [0.2, 0.25) is 0 Å². The summed E-state index contributed by atoms with van der Waals surface area (Å²) >= 11 is 0. The van der Waals surface area contributed by atoms with Crippen LogP contribution in [0.5, 0.6) is 5.75 Å². The predicted octanol–water partition coefficient (Wildman–Crippen LogP) is 3.50. The number of ether oxygens (including phenoxy) is 1. The van der Waals surface area contributed by atoms with E-state index in [4.69, 9.17) is 4.74 Å². The lowest BCUT2D eigenvalue weighted by Gasteiger charge is -2.09. The summed E-state index contributed by atoms with van der Waals surface area (Å²) in [5.41, 5.74) is 7.24. The average molecular weight is 352 g/mol. The molecule has 0 aliphatic rings. The summed E-state index contributed by atoms with van der Waals surface area (Å²) in [5.74, 6) is 0.342. The van der Waals surface area contributed by atoms with Crippen LogP contribution in [0.4, 0.5) is 0 Å². The summed E-state index contributed by atoms with van der Waals surface area (Å²) in [6.07, 6.45) is 3.05. The largest absolute Gasteiger partial charge is 0.493 e. The van der Waals surface area contributed by atoms with E-state index in [0.717, 1.165) is 11.1 Å². The smallest absolute Gasteiger partial charge is 0.269 e. The van der Waals surface area contributed by atoms with Crippen LogP contribution in [0, 0.1) is 12.8 Å². The number of rotatable bonds is 6. The first-order valence-corrected chi connectivity index (χ1v) is 8.52. The Bertz CT molecular complexity index is 763. The normalized spacial score (nSPS) is 10.8. The Morgan fingerprint density at radius 3 is 2.27 bits per heavy atom. The second kappa shape index (κ2) is 9.42. The molecule has 26 heavy (non-hydrogen) atoms. The minimum atomic E-state index is -0.407. The topological polar surface area (TPSA) is 67.4 Å². The molecular formula is C21H24N2O3. The Labute approximate surface area is 154 Å². The van der Waals surface area contributed by atoms with Crippen LogP contribution in [0.2, 0.25) is 0 Å². The fourth-order valence-electron chi connectivity index (χ4n) is 2.05. The number of hydrazine groups is 1. The van der Waals surface area contributed by atoms with E-state index in [1.165, 1.54) is 6.08 Å². The van der Waals surface area contributed by atoms with Crippen molar-refractivity contribution in [2.24, 2.45) is 5.92 Å². The molecule has 0 aliphatic heterocycles. The van der Waals surface area contributed by atoms with Gasteiger partial charge in [-0.2, -0.15) is 0 Å². The van der Waals surface area contributed by atoms with Gasteiger partial charge in [0.25, 0.3) is 11.8 Å². The first-order chi connectivity index (χ1) is 12.4. The average Bonchev–Trinajstić information content (AvgIpc) is 2.64. The molecule has 136 valence electrons. The molecule has 0 spiro atoms. The van der Waals surface area contributed by atoms with Crippen molar-refractivity contribution in [2.45, 2.75) is 20.8 Å². The first-order valence-electron chi connectivity index (χ1n) is 8.52. The Morgan fingerprint density at radius 1 is 1.00 bits per heavy atom. The minimum Gasteiger partial charge on any atom is -0.493 e. The third kappa shape index (κ3) is 6.43. The molecule has 2 aromatic carbocycles. The van der Waals surface area contributed by atoms with Crippen LogP contribution in [0.1, 0.15) is 35.3 Å². The van der Waals surface area contributed by atoms with Crippen LogP contribution in [0.15, 0.2) is 54.6 Å². The highest BCUT2D eigenvalue weighted by molar-refractivity contribution is 5.97. The molecule has 0 saturated heterocycles. The van der Waals surface area contributed by atoms with Crippen molar-refractivity contribution in [2.75, 3.05) is 6.61 Å². The van der Waals surface area contributed by atoms with Crippen molar-refractivity contribution < 1.29 is 14.3 Å². The van der Waals surface area contributed by atoms with E-state index in [9.17, 15) is 9.59 Å². The van der Waals surface area contributed by atoms with E-state index in [1.54, 1.807) is 30.3 Å². The van der Waals surface area contributed by atoms with Crippen LogP contribution >= 0.6 is 0 Å². The molecule has 0 heterocycles. The number of hydrogen-bond acceptors (Lipinski definition) is 3. The maximum absolute atomic E-state index is 12.0. The molecule has 0 unspecified atom stereocenters. The molecule has 2 amide bonds. The molecule has 0 saturated carbocycles. The SMILES string of the molecule is Cc1ccc(C=CC(=O)NNC(=O)c2ccc(OCC(C)C)cc2)cc1. The van der Waals surface area contributed by atoms with Crippen LogP contribution in [0.3, 0.4) is 0 Å². The van der Waals surface area contributed by atoms with Crippen molar-refractivity contribution in [1.82, 2.24) is 10.9 Å². The van der Waals surface area contributed by atoms with E-state index in [1.807, 2.05) is 31.2 Å². The molecule has 0 atom stereocenters. The molecule has 0 fully saturated rings. The second-order valence-corrected chi connectivity index (χ2v) is 6.42. The summed E-state index contributed by atoms with van der Waals surface area (Å²) in [6, 6.07) is 14.5. The summed E-state index contributed by atoms with van der Waals surface area (Å²) in [6.45, 7) is 6.75. The lowest BCUT2D eigenvalue weighted by molar-refractivity contribution is -0.117. The molecular weight excluding hydrogens is 328 g/mol. The Balaban J connectivity index is 1.81. The van der Waals surface area contributed by atoms with Crippen LogP contribution in [0.25, 0.3) is 6.08 Å². The monoisotopic (exact) mass is 352 g/mol. The fraction of sp³-hybridized carbons (Fsp3) is 0.238. The van der Waals surface area contributed by atoms with Gasteiger partial charge in [0.05, 0.1) is 6.61 Å². The number of amides is 2. The maximum Gasteiger partial charge on any atom is 0.269 e. The third-order valence-electron chi connectivity index (χ3n) is 3.50. The Morgan fingerprint density at radius 2 is 1.65 bits per heavy atom. The van der Waals surface area contributed by atoms with Gasteiger partial charge in [0.1, 0.15) is 5.75 Å². The van der Waals surface area contributed by atoms with Gasteiger partial charge in [-0.3, -0.25) is 20.4 Å². The fourth-order valence-corrected chi connectivity index (χ4v) is 2.05. The highest BCUT2D eigenvalue weighted by Crippen LogP contribution is 2.13. The standard InChI is InChI=1S/C21H24N2O3/c1-15(2)14-26-19-11-9-18(10-12-19)21(25)23-22-20(24)13-8-17-6-4-16(3)5-7-17/h4-13,15H,14H2,1-3H3,(H,22,24)(H,23,25). The Kier molecular flexibility index (Phi) is 6.97. The maximum atomic E-state index is 12.0. The molecule has 0 bridgehead atoms. The molecule has 2 aromatic rings. The third-order valence-corrected chi connectivity index (χ3v) is 3.50. The predicted molar refractivity (Wildman–Crippen MR) is 103 cm³/mol. The van der Waals surface area contributed by atoms with Crippen LogP contribution in [-0.4, -0.2) is 18.4 Å². The van der Waals surface area contributed by atoms with Gasteiger partial charge in [0.15, 0.2) is 0 Å². The van der Waals surface area contributed by atoms with E-state index in [0.29, 0.717) is 23.8 Å². The number of nitrogens with one attached hydrogen (secondary N) is 2. The van der Waals surface area contributed by atoms with E-state index >= 15 is 0 Å². The zero-order valence-electron chi connectivity index (χ0n) is 15.3. The molecule has 2 rings (SSSR count). The minimum absolute atomic E-state index is 0.391. The highest BCUT2D eigenvalue weighted by Gasteiger charge is 2.06. The zero-order chi connectivity index (χ0) is 18.9. The number of benzene rings is 2. The molecule has 0 aliphatic carbocycles. The number of aryl methyl sites for hydroxylation is 1. The van der Waals surface area contributed by atoms with Crippen molar-refractivity contribution >= 4 is 17.9 Å². The number of hydrogen-bond donors (Lipinski definition) is 2. The first kappa shape index (κ1) is 19.2. The summed E-state index contributed by atoms with van der Waals surface area (Å²) in [4.78, 5) is 23.8. The highest BCUT2D eigenvalue weighted by atomic mass is 16.5. The second-order valence-electron chi connectivity index (χ2n) is 6.42. The van der Waals surface area contributed by atoms with Crippen LogP contribution in [-0.2, 0) is 4.79 Å². The summed E-state index contributed by atoms with van der Waals surface area (Å²) in [5, 5.41) is 0. The Hall–Kier alpha value is -3.08. The van der Waals surface area contributed by atoms with Crippen molar-refractivity contribution in [1.29, 1.82) is 0 Å². The van der Waals surface area contributed by atoms with Crippen molar-refractivity contribution in [3.05, 3.63) is 71.3 Å². The molecule has 0 radical (unpaired) electrons. The van der Waals surface area contributed by atoms with Gasteiger partial charge in [-0.05, 0) is 48.7 Å². The summed E-state index contributed by atoms with van der Waals surface area (Å²) in [7, 11) is 0. The number of carbonyl (C=O) groups excluding carboxylic acids is 2. The van der Waals surface area contributed by atoms with E-state index < -0.39 is 11.8 Å². The van der Waals surface area contributed by atoms with Gasteiger partial charge < -0.3 is 4.74 Å². The zero-order valence-corrected chi connectivity index (χ0v) is 15.3. The van der Waals surface area contributed by atoms with Crippen molar-refractivity contribution in [3.8, 4) is 5.75 Å². The van der Waals surface area contributed by atoms with Gasteiger partial charge in [-0.15, -0.1) is 0 Å². The molecule has 0 aromatic heterocycles. The lowest BCUT2D eigenvalue weighted by atomic mass is 10.1. The van der Waals surface area contributed by atoms with E-state index in [-0.39, 0.29) is 0 Å². The van der Waals surface area contributed by atoms with Crippen LogP contribution < -0.4 is 15.6 Å². The molecule has 5 heteroatoms. The van der Waals surface area contributed by atoms with Gasteiger partial charge in [0, 0.05) is 11.6 Å². The summed E-state index contributed by atoms with van der Waals surface area (Å²) < 4.78 is 5.57. The van der Waals surface area contributed by atoms with E-state index in [2.05, 4.69) is 24.7 Å². The number of carbonyl (C=O) groups is 2. The van der Waals surface area contributed by atoms with Crippen molar-refractivity contribution in [3.63, 3.8) is 0 Å². The quantitative estimate of drug-likeness (QED) is 0.618. The molecule has 2 N–H and O–H groups in total. The van der Waals surface area contributed by atoms with Gasteiger partial charge in [-0.1, -0.05) is 43.7 Å².